The largest absolute Gasteiger partial charge is 0.396 e. The van der Waals surface area contributed by atoms with Crippen molar-refractivity contribution in [1.82, 2.24) is 10.2 Å². The van der Waals surface area contributed by atoms with Crippen molar-refractivity contribution in [2.24, 2.45) is 11.3 Å². The van der Waals surface area contributed by atoms with E-state index in [4.69, 9.17) is 0 Å². The van der Waals surface area contributed by atoms with E-state index in [1.807, 2.05) is 0 Å². The molecule has 1 unspecified atom stereocenters. The van der Waals surface area contributed by atoms with Crippen LogP contribution in [-0.2, 0) is 0 Å². The smallest absolute Gasteiger partial charge is 0.0499 e. The minimum atomic E-state index is 0.241. The van der Waals surface area contributed by atoms with Crippen molar-refractivity contribution in [3.63, 3.8) is 0 Å². The molecule has 0 spiro atoms. The first-order valence-corrected chi connectivity index (χ1v) is 6.24. The maximum atomic E-state index is 9.32. The molecule has 1 atom stereocenters. The fourth-order valence-electron chi connectivity index (χ4n) is 2.80. The van der Waals surface area contributed by atoms with Gasteiger partial charge in [-0.15, -0.1) is 0 Å². The lowest BCUT2D eigenvalue weighted by atomic mass is 9.69. The molecule has 1 aliphatic heterocycles. The summed E-state index contributed by atoms with van der Waals surface area (Å²) in [4.78, 5) is 2.40. The Balaban J connectivity index is 1.62. The van der Waals surface area contributed by atoms with Gasteiger partial charge in [-0.2, -0.15) is 0 Å². The number of nitrogens with zero attached hydrogens (tertiary/aromatic N) is 1. The maximum absolute atomic E-state index is 9.32. The van der Waals surface area contributed by atoms with Crippen LogP contribution < -0.4 is 5.32 Å². The third-order valence-corrected chi connectivity index (χ3v) is 4.17. The third kappa shape index (κ3) is 2.71. The predicted molar refractivity (Wildman–Crippen MR) is 61.8 cm³/mol. The zero-order chi connectivity index (χ0) is 10.7. The summed E-state index contributed by atoms with van der Waals surface area (Å²) in [6.07, 6.45) is 5.05. The summed E-state index contributed by atoms with van der Waals surface area (Å²) in [5.74, 6) is 0.825. The van der Waals surface area contributed by atoms with Gasteiger partial charge in [-0.25, -0.2) is 0 Å². The molecule has 0 aromatic rings. The average molecular weight is 212 g/mol. The van der Waals surface area contributed by atoms with Crippen LogP contribution in [0.25, 0.3) is 0 Å². The van der Waals surface area contributed by atoms with Crippen LogP contribution in [0.5, 0.6) is 0 Å². The molecular weight excluding hydrogens is 188 g/mol. The lowest BCUT2D eigenvalue weighted by molar-refractivity contribution is 0.0441. The minimum Gasteiger partial charge on any atom is -0.396 e. The van der Waals surface area contributed by atoms with E-state index in [9.17, 15) is 5.11 Å². The summed E-state index contributed by atoms with van der Waals surface area (Å²) in [7, 11) is 2.20. The number of likely N-dealkylation sites (tertiary alicyclic amines) is 1. The second-order valence-electron chi connectivity index (χ2n) is 5.56. The van der Waals surface area contributed by atoms with E-state index < -0.39 is 0 Å². The SMILES string of the molecule is CN1CCC(CNCC2(CO)CCC2)C1. The summed E-state index contributed by atoms with van der Waals surface area (Å²) >= 11 is 0. The van der Waals surface area contributed by atoms with Gasteiger partial charge in [-0.3, -0.25) is 0 Å². The van der Waals surface area contributed by atoms with E-state index in [2.05, 4.69) is 17.3 Å². The van der Waals surface area contributed by atoms with Gasteiger partial charge in [0.25, 0.3) is 0 Å². The Morgan fingerprint density at radius 1 is 1.47 bits per heavy atom. The number of aliphatic hydroxyl groups is 1. The monoisotopic (exact) mass is 212 g/mol. The highest BCUT2D eigenvalue weighted by Crippen LogP contribution is 2.39. The quantitative estimate of drug-likeness (QED) is 0.704. The average Bonchev–Trinajstić information content (AvgIpc) is 2.56. The molecule has 2 fully saturated rings. The van der Waals surface area contributed by atoms with E-state index in [-0.39, 0.29) is 5.41 Å². The topological polar surface area (TPSA) is 35.5 Å². The molecule has 2 aliphatic rings. The zero-order valence-electron chi connectivity index (χ0n) is 9.84. The first-order chi connectivity index (χ1) is 7.24. The van der Waals surface area contributed by atoms with Crippen molar-refractivity contribution >= 4 is 0 Å². The standard InChI is InChI=1S/C12H24N2O/c1-14-6-3-11(8-14)7-13-9-12(10-15)4-2-5-12/h11,13,15H,2-10H2,1H3. The Kier molecular flexibility index (Phi) is 3.65. The van der Waals surface area contributed by atoms with Gasteiger partial charge in [-0.05, 0) is 45.3 Å². The van der Waals surface area contributed by atoms with Gasteiger partial charge < -0.3 is 15.3 Å². The van der Waals surface area contributed by atoms with Gasteiger partial charge in [0.1, 0.15) is 0 Å². The number of nitrogens with one attached hydrogen (secondary N) is 1. The Bertz CT molecular complexity index is 198. The molecule has 3 nitrogen and oxygen atoms in total. The summed E-state index contributed by atoms with van der Waals surface area (Å²) in [5, 5.41) is 12.9. The van der Waals surface area contributed by atoms with Crippen molar-refractivity contribution in [2.75, 3.05) is 39.8 Å². The van der Waals surface area contributed by atoms with E-state index in [0.717, 1.165) is 19.0 Å². The molecule has 0 amide bonds. The van der Waals surface area contributed by atoms with Crippen LogP contribution in [0.4, 0.5) is 0 Å². The Morgan fingerprint density at radius 3 is 2.73 bits per heavy atom. The van der Waals surface area contributed by atoms with Crippen molar-refractivity contribution in [3.05, 3.63) is 0 Å². The molecule has 1 heterocycles. The molecule has 3 heteroatoms. The molecular formula is C12H24N2O. The molecule has 1 saturated carbocycles. The highest BCUT2D eigenvalue weighted by Gasteiger charge is 2.35. The molecule has 0 aromatic heterocycles. The fourth-order valence-corrected chi connectivity index (χ4v) is 2.80. The van der Waals surface area contributed by atoms with Gasteiger partial charge in [0.05, 0.1) is 0 Å². The van der Waals surface area contributed by atoms with Crippen LogP contribution in [-0.4, -0.2) is 49.8 Å². The number of rotatable bonds is 5. The zero-order valence-corrected chi connectivity index (χ0v) is 9.84. The maximum Gasteiger partial charge on any atom is 0.0499 e. The van der Waals surface area contributed by atoms with Crippen LogP contribution in [0.3, 0.4) is 0 Å². The van der Waals surface area contributed by atoms with E-state index in [1.54, 1.807) is 0 Å². The Morgan fingerprint density at radius 2 is 2.27 bits per heavy atom. The summed E-state index contributed by atoms with van der Waals surface area (Å²) in [5.41, 5.74) is 0.241. The molecule has 2 rings (SSSR count). The van der Waals surface area contributed by atoms with Crippen LogP contribution in [0, 0.1) is 11.3 Å². The van der Waals surface area contributed by atoms with Crippen LogP contribution in [0.2, 0.25) is 0 Å². The molecule has 0 bridgehead atoms. The highest BCUT2D eigenvalue weighted by atomic mass is 16.3. The number of aliphatic hydroxyl groups excluding tert-OH is 1. The van der Waals surface area contributed by atoms with Crippen LogP contribution in [0.1, 0.15) is 25.7 Å². The fraction of sp³-hybridized carbons (Fsp3) is 1.00. The molecule has 2 N–H and O–H groups in total. The van der Waals surface area contributed by atoms with Crippen LogP contribution >= 0.6 is 0 Å². The van der Waals surface area contributed by atoms with Gasteiger partial charge in [0.2, 0.25) is 0 Å². The van der Waals surface area contributed by atoms with Crippen LogP contribution in [0.15, 0.2) is 0 Å². The van der Waals surface area contributed by atoms with Crippen molar-refractivity contribution in [1.29, 1.82) is 0 Å². The first kappa shape index (κ1) is 11.4. The number of hydrogen-bond acceptors (Lipinski definition) is 3. The molecule has 88 valence electrons. The molecule has 0 aromatic carbocycles. The van der Waals surface area contributed by atoms with Gasteiger partial charge in [-0.1, -0.05) is 6.42 Å². The first-order valence-electron chi connectivity index (χ1n) is 6.24. The second-order valence-corrected chi connectivity index (χ2v) is 5.56. The van der Waals surface area contributed by atoms with Crippen molar-refractivity contribution in [2.45, 2.75) is 25.7 Å². The normalized spacial score (nSPS) is 30.4. The van der Waals surface area contributed by atoms with Crippen molar-refractivity contribution < 1.29 is 5.11 Å². The van der Waals surface area contributed by atoms with E-state index in [1.165, 1.54) is 38.8 Å². The molecule has 1 saturated heterocycles. The molecule has 1 aliphatic carbocycles. The molecule has 0 radical (unpaired) electrons. The molecule has 15 heavy (non-hydrogen) atoms. The second kappa shape index (κ2) is 4.81. The Labute approximate surface area is 92.8 Å². The predicted octanol–water partition coefficient (Wildman–Crippen LogP) is 0.690. The highest BCUT2D eigenvalue weighted by molar-refractivity contribution is 4.89. The lowest BCUT2D eigenvalue weighted by Gasteiger charge is -2.40. The summed E-state index contributed by atoms with van der Waals surface area (Å²) in [6, 6.07) is 0. The minimum absolute atomic E-state index is 0.241. The van der Waals surface area contributed by atoms with E-state index in [0.29, 0.717) is 6.61 Å². The third-order valence-electron chi connectivity index (χ3n) is 4.17. The number of hydrogen-bond donors (Lipinski definition) is 2. The van der Waals surface area contributed by atoms with E-state index >= 15 is 0 Å². The summed E-state index contributed by atoms with van der Waals surface area (Å²) < 4.78 is 0. The van der Waals surface area contributed by atoms with Gasteiger partial charge in [0, 0.05) is 25.1 Å². The van der Waals surface area contributed by atoms with Gasteiger partial charge in [0.15, 0.2) is 0 Å². The summed E-state index contributed by atoms with van der Waals surface area (Å²) in [6.45, 7) is 5.00. The lowest BCUT2D eigenvalue weighted by Crippen LogP contribution is -2.44. The van der Waals surface area contributed by atoms with Gasteiger partial charge >= 0.3 is 0 Å². The Hall–Kier alpha value is -0.120. The van der Waals surface area contributed by atoms with Crippen molar-refractivity contribution in [3.8, 4) is 0 Å².